The van der Waals surface area contributed by atoms with Crippen LogP contribution < -0.4 is 16.0 Å². The van der Waals surface area contributed by atoms with Crippen molar-refractivity contribution < 1.29 is 23.6 Å². The first-order chi connectivity index (χ1) is 13.4. The van der Waals surface area contributed by atoms with E-state index in [-0.39, 0.29) is 43.3 Å². The normalized spacial score (nSPS) is 19.0. The number of carbonyl (C=O) groups is 4. The zero-order valence-corrected chi connectivity index (χ0v) is 16.0. The first kappa shape index (κ1) is 19.9. The molecule has 1 atom stereocenters. The number of amides is 5. The van der Waals surface area contributed by atoms with E-state index in [2.05, 4.69) is 16.0 Å². The summed E-state index contributed by atoms with van der Waals surface area (Å²) in [6.07, 6.45) is 5.22. The van der Waals surface area contributed by atoms with Crippen molar-refractivity contribution in [2.75, 3.05) is 6.54 Å². The van der Waals surface area contributed by atoms with Gasteiger partial charge >= 0.3 is 6.03 Å². The van der Waals surface area contributed by atoms with Gasteiger partial charge in [-0.25, -0.2) is 4.79 Å². The van der Waals surface area contributed by atoms with Crippen molar-refractivity contribution in [2.24, 2.45) is 0 Å². The second kappa shape index (κ2) is 8.45. The molecule has 152 valence electrons. The summed E-state index contributed by atoms with van der Waals surface area (Å²) in [4.78, 5) is 49.9. The lowest BCUT2D eigenvalue weighted by atomic mass is 9.98. The molecule has 0 radical (unpaired) electrons. The summed E-state index contributed by atoms with van der Waals surface area (Å²) in [5.74, 6) is -0.174. The van der Waals surface area contributed by atoms with Gasteiger partial charge in [0.15, 0.2) is 0 Å². The fourth-order valence-corrected chi connectivity index (χ4v) is 3.71. The number of nitrogens with zero attached hydrogens (tertiary/aromatic N) is 1. The fraction of sp³-hybridized carbons (Fsp3) is 0.579. The van der Waals surface area contributed by atoms with Gasteiger partial charge in [0.05, 0.1) is 12.8 Å². The summed E-state index contributed by atoms with van der Waals surface area (Å²) < 4.78 is 5.13. The summed E-state index contributed by atoms with van der Waals surface area (Å²) in [7, 11) is 0. The second-order valence-corrected chi connectivity index (χ2v) is 7.37. The lowest BCUT2D eigenvalue weighted by molar-refractivity contribution is -0.131. The molecule has 28 heavy (non-hydrogen) atoms. The van der Waals surface area contributed by atoms with Crippen LogP contribution in [0, 0.1) is 0 Å². The SMILES string of the molecule is CC(NC(=O)CCCN1C(=O)NC2(CCCC2)C1=O)C(=O)NCc1ccco1. The van der Waals surface area contributed by atoms with Gasteiger partial charge in [0.1, 0.15) is 17.3 Å². The summed E-state index contributed by atoms with van der Waals surface area (Å²) >= 11 is 0. The van der Waals surface area contributed by atoms with Gasteiger partial charge in [0, 0.05) is 13.0 Å². The summed E-state index contributed by atoms with van der Waals surface area (Å²) in [5.41, 5.74) is -0.722. The van der Waals surface area contributed by atoms with Gasteiger partial charge in [-0.1, -0.05) is 12.8 Å². The Morgan fingerprint density at radius 1 is 1.32 bits per heavy atom. The minimum atomic E-state index is -0.722. The highest BCUT2D eigenvalue weighted by Crippen LogP contribution is 2.35. The maximum Gasteiger partial charge on any atom is 0.325 e. The monoisotopic (exact) mass is 390 g/mol. The summed E-state index contributed by atoms with van der Waals surface area (Å²) in [6.45, 7) is 2.04. The number of hydrogen-bond acceptors (Lipinski definition) is 5. The molecule has 2 aliphatic rings. The zero-order valence-electron chi connectivity index (χ0n) is 16.0. The molecule has 5 amide bonds. The van der Waals surface area contributed by atoms with Crippen LogP contribution in [0.1, 0.15) is 51.2 Å². The number of furan rings is 1. The van der Waals surface area contributed by atoms with Crippen LogP contribution >= 0.6 is 0 Å². The topological polar surface area (TPSA) is 121 Å². The summed E-state index contributed by atoms with van der Waals surface area (Å²) in [5, 5.41) is 8.11. The standard InChI is InChI=1S/C19H26N4O5/c1-13(16(25)20-12-14-6-5-11-28-14)21-15(24)7-4-10-23-17(26)19(22-18(23)27)8-2-3-9-19/h5-6,11,13H,2-4,7-10,12H2,1H3,(H,20,25)(H,21,24)(H,22,27). The number of nitrogens with one attached hydrogen (secondary N) is 3. The van der Waals surface area contributed by atoms with Crippen LogP contribution in [-0.4, -0.2) is 46.8 Å². The molecule has 3 rings (SSSR count). The predicted molar refractivity (Wildman–Crippen MR) is 98.8 cm³/mol. The van der Waals surface area contributed by atoms with Gasteiger partial charge in [-0.05, 0) is 38.3 Å². The van der Waals surface area contributed by atoms with E-state index < -0.39 is 11.6 Å². The average molecular weight is 390 g/mol. The molecule has 0 aromatic carbocycles. The molecule has 1 spiro atoms. The van der Waals surface area contributed by atoms with Gasteiger partial charge in [-0.3, -0.25) is 19.3 Å². The van der Waals surface area contributed by atoms with Crippen molar-refractivity contribution in [3.8, 4) is 0 Å². The minimum absolute atomic E-state index is 0.125. The number of rotatable bonds is 8. The van der Waals surface area contributed by atoms with Crippen molar-refractivity contribution in [2.45, 2.75) is 63.6 Å². The molecule has 1 aromatic rings. The molecule has 0 bridgehead atoms. The largest absolute Gasteiger partial charge is 0.467 e. The Morgan fingerprint density at radius 2 is 2.07 bits per heavy atom. The maximum absolute atomic E-state index is 12.5. The summed E-state index contributed by atoms with van der Waals surface area (Å²) in [6, 6.07) is 2.40. The van der Waals surface area contributed by atoms with Crippen LogP contribution in [-0.2, 0) is 20.9 Å². The average Bonchev–Trinajstić information content (AvgIpc) is 3.38. The molecule has 1 aliphatic carbocycles. The van der Waals surface area contributed by atoms with Gasteiger partial charge in [-0.2, -0.15) is 0 Å². The smallest absolute Gasteiger partial charge is 0.325 e. The van der Waals surface area contributed by atoms with Gasteiger partial charge in [0.25, 0.3) is 5.91 Å². The second-order valence-electron chi connectivity index (χ2n) is 7.37. The number of imide groups is 1. The fourth-order valence-electron chi connectivity index (χ4n) is 3.71. The maximum atomic E-state index is 12.5. The molecule has 1 aromatic heterocycles. The molecule has 2 fully saturated rings. The molecular formula is C19H26N4O5. The van der Waals surface area contributed by atoms with Crippen molar-refractivity contribution >= 4 is 23.8 Å². The Labute approximate surface area is 163 Å². The highest BCUT2D eigenvalue weighted by atomic mass is 16.3. The Bertz CT molecular complexity index is 740. The van der Waals surface area contributed by atoms with Crippen LogP contribution in [0.4, 0.5) is 4.79 Å². The van der Waals surface area contributed by atoms with E-state index in [0.717, 1.165) is 12.8 Å². The van der Waals surface area contributed by atoms with Crippen molar-refractivity contribution in [1.29, 1.82) is 0 Å². The first-order valence-corrected chi connectivity index (χ1v) is 9.65. The Balaban J connectivity index is 1.37. The lowest BCUT2D eigenvalue weighted by Gasteiger charge is -2.20. The third-order valence-corrected chi connectivity index (χ3v) is 5.28. The van der Waals surface area contributed by atoms with Crippen LogP contribution in [0.3, 0.4) is 0 Å². The molecule has 9 nitrogen and oxygen atoms in total. The van der Waals surface area contributed by atoms with Crippen LogP contribution in [0.2, 0.25) is 0 Å². The van der Waals surface area contributed by atoms with Crippen LogP contribution in [0.15, 0.2) is 22.8 Å². The van der Waals surface area contributed by atoms with Crippen molar-refractivity contribution in [3.05, 3.63) is 24.2 Å². The molecule has 1 aliphatic heterocycles. The minimum Gasteiger partial charge on any atom is -0.467 e. The molecule has 3 N–H and O–H groups in total. The van der Waals surface area contributed by atoms with Gasteiger partial charge in [-0.15, -0.1) is 0 Å². The third-order valence-electron chi connectivity index (χ3n) is 5.28. The van der Waals surface area contributed by atoms with E-state index in [1.54, 1.807) is 19.1 Å². The lowest BCUT2D eigenvalue weighted by Crippen LogP contribution is -2.45. The Morgan fingerprint density at radius 3 is 2.75 bits per heavy atom. The number of urea groups is 1. The molecule has 1 saturated carbocycles. The highest BCUT2D eigenvalue weighted by molar-refractivity contribution is 6.07. The highest BCUT2D eigenvalue weighted by Gasteiger charge is 2.52. The van der Waals surface area contributed by atoms with E-state index in [4.69, 9.17) is 4.42 Å². The van der Waals surface area contributed by atoms with E-state index in [1.807, 2.05) is 0 Å². The molecule has 1 unspecified atom stereocenters. The third kappa shape index (κ3) is 4.35. The van der Waals surface area contributed by atoms with E-state index in [9.17, 15) is 19.2 Å². The van der Waals surface area contributed by atoms with Crippen molar-refractivity contribution in [3.63, 3.8) is 0 Å². The van der Waals surface area contributed by atoms with Gasteiger partial charge in [0.2, 0.25) is 11.8 Å². The Kier molecular flexibility index (Phi) is 6.01. The first-order valence-electron chi connectivity index (χ1n) is 9.65. The predicted octanol–water partition coefficient (Wildman–Crippen LogP) is 1.05. The Hall–Kier alpha value is -2.84. The van der Waals surface area contributed by atoms with E-state index in [1.165, 1.54) is 11.2 Å². The number of carbonyl (C=O) groups excluding carboxylic acids is 4. The van der Waals surface area contributed by atoms with E-state index >= 15 is 0 Å². The van der Waals surface area contributed by atoms with Crippen LogP contribution in [0.25, 0.3) is 0 Å². The van der Waals surface area contributed by atoms with Crippen LogP contribution in [0.5, 0.6) is 0 Å². The number of hydrogen-bond donors (Lipinski definition) is 3. The zero-order chi connectivity index (χ0) is 20.1. The van der Waals surface area contributed by atoms with E-state index in [0.29, 0.717) is 25.0 Å². The van der Waals surface area contributed by atoms with Crippen molar-refractivity contribution in [1.82, 2.24) is 20.9 Å². The molecule has 2 heterocycles. The molecule has 9 heteroatoms. The quantitative estimate of drug-likeness (QED) is 0.573. The van der Waals surface area contributed by atoms with Gasteiger partial charge < -0.3 is 20.4 Å². The molecule has 1 saturated heterocycles. The molecular weight excluding hydrogens is 364 g/mol.